The van der Waals surface area contributed by atoms with Crippen molar-refractivity contribution in [1.29, 1.82) is 0 Å². The fraction of sp³-hybridized carbons (Fsp3) is 0.727. The van der Waals surface area contributed by atoms with E-state index in [1.165, 1.54) is 0 Å². The predicted octanol–water partition coefficient (Wildman–Crippen LogP) is 2.03. The van der Waals surface area contributed by atoms with Crippen LogP contribution in [0, 0.1) is 0 Å². The lowest BCUT2D eigenvalue weighted by Crippen LogP contribution is -2.36. The molecule has 18 heteroatoms. The minimum Gasteiger partial charge on any atom is -0.270 e. The number of hydrogen-bond donors (Lipinski definition) is 7. The Morgan fingerprint density at radius 3 is 1.10 bits per heavy atom. The summed E-state index contributed by atoms with van der Waals surface area (Å²) in [6.07, 6.45) is -0.652. The molecular formula is C22H38O17S. The van der Waals surface area contributed by atoms with Gasteiger partial charge in [-0.3, -0.25) is 41.0 Å². The van der Waals surface area contributed by atoms with Gasteiger partial charge in [0.15, 0.2) is 0 Å². The van der Waals surface area contributed by atoms with Gasteiger partial charge in [0.05, 0.1) is 53.4 Å². The molecule has 0 fully saturated rings. The number of benzene rings is 1. The van der Waals surface area contributed by atoms with Crippen LogP contribution in [-0.4, -0.2) is 98.6 Å². The van der Waals surface area contributed by atoms with Gasteiger partial charge in [-0.2, -0.15) is 8.42 Å². The Kier molecular flexibility index (Phi) is 18.0. The zero-order chi connectivity index (χ0) is 30.0. The molecule has 1 aromatic rings. The van der Waals surface area contributed by atoms with Crippen molar-refractivity contribution in [2.24, 2.45) is 0 Å². The first-order valence-corrected chi connectivity index (χ1v) is 13.5. The standard InChI is InChI=1S/C22H38O17S/c1-32-40(30,31)21-18(4-11-35-25)16(2-9-33-23)20(17(3-10-34-24)19(21)5-12-36-26)22(6-13-37-27,7-14-38-28)8-15-39-29/h23-29H,2-15H2,1H3. The molecule has 0 amide bonds. The molecular weight excluding hydrogens is 568 g/mol. The monoisotopic (exact) mass is 606 g/mol. The molecule has 0 aliphatic heterocycles. The molecule has 234 valence electrons. The van der Waals surface area contributed by atoms with E-state index in [-0.39, 0.29) is 118 Å². The van der Waals surface area contributed by atoms with Crippen molar-refractivity contribution < 1.29 is 83.6 Å². The highest BCUT2D eigenvalue weighted by molar-refractivity contribution is 7.86. The van der Waals surface area contributed by atoms with E-state index in [2.05, 4.69) is 34.2 Å². The first kappa shape index (κ1) is 36.6. The molecule has 0 bridgehead atoms. The molecule has 7 N–H and O–H groups in total. The lowest BCUT2D eigenvalue weighted by molar-refractivity contribution is -0.259. The van der Waals surface area contributed by atoms with E-state index in [9.17, 15) is 34.7 Å². The van der Waals surface area contributed by atoms with Crippen LogP contribution in [0.25, 0.3) is 0 Å². The summed E-state index contributed by atoms with van der Waals surface area (Å²) >= 11 is 0. The molecule has 0 aromatic heterocycles. The Labute approximate surface area is 230 Å². The molecule has 0 aliphatic carbocycles. The van der Waals surface area contributed by atoms with E-state index in [0.717, 1.165) is 7.11 Å². The summed E-state index contributed by atoms with van der Waals surface area (Å²) < 4.78 is 31.5. The highest BCUT2D eigenvalue weighted by Crippen LogP contribution is 2.45. The zero-order valence-corrected chi connectivity index (χ0v) is 22.8. The van der Waals surface area contributed by atoms with Crippen LogP contribution in [0.3, 0.4) is 0 Å². The molecule has 1 aromatic carbocycles. The van der Waals surface area contributed by atoms with Crippen LogP contribution in [0.15, 0.2) is 4.90 Å². The van der Waals surface area contributed by atoms with Gasteiger partial charge in [0.2, 0.25) is 0 Å². The summed E-state index contributed by atoms with van der Waals surface area (Å²) in [4.78, 5) is 29.8. The topological polar surface area (TPSA) is 250 Å². The van der Waals surface area contributed by atoms with E-state index < -0.39 is 15.5 Å². The van der Waals surface area contributed by atoms with Crippen LogP contribution in [0.4, 0.5) is 0 Å². The molecule has 0 saturated carbocycles. The maximum atomic E-state index is 13.3. The van der Waals surface area contributed by atoms with Gasteiger partial charge in [0.25, 0.3) is 10.1 Å². The normalized spacial score (nSPS) is 12.4. The molecule has 0 saturated heterocycles. The average molecular weight is 607 g/mol. The molecule has 1 rings (SSSR count). The van der Waals surface area contributed by atoms with Crippen molar-refractivity contribution in [2.45, 2.75) is 55.3 Å². The fourth-order valence-corrected chi connectivity index (χ4v) is 6.33. The molecule has 17 nitrogen and oxygen atoms in total. The SMILES string of the molecule is COS(=O)(=O)c1c(CCOO)c(CCOO)c(C(CCOO)(CCOO)CCOO)c(CCOO)c1CCOO. The summed E-state index contributed by atoms with van der Waals surface area (Å²) in [5, 5.41) is 64.3. The van der Waals surface area contributed by atoms with Crippen LogP contribution in [-0.2, 0) is 79.6 Å². The van der Waals surface area contributed by atoms with Crippen LogP contribution < -0.4 is 0 Å². The van der Waals surface area contributed by atoms with Gasteiger partial charge < -0.3 is 0 Å². The second kappa shape index (κ2) is 19.6. The van der Waals surface area contributed by atoms with Crippen LogP contribution in [0.1, 0.15) is 47.1 Å². The number of hydrogen-bond acceptors (Lipinski definition) is 17. The molecule has 0 radical (unpaired) electrons. The van der Waals surface area contributed by atoms with E-state index in [1.54, 1.807) is 0 Å². The minimum atomic E-state index is -4.50. The van der Waals surface area contributed by atoms with Gasteiger partial charge in [0.1, 0.15) is 4.90 Å². The Bertz CT molecular complexity index is 892. The average Bonchev–Trinajstić information content (AvgIpc) is 2.96. The second-order valence-electron chi connectivity index (χ2n) is 8.60. The van der Waals surface area contributed by atoms with Crippen molar-refractivity contribution in [3.05, 3.63) is 27.8 Å². The van der Waals surface area contributed by atoms with Crippen LogP contribution in [0.2, 0.25) is 0 Å². The maximum Gasteiger partial charge on any atom is 0.297 e. The zero-order valence-electron chi connectivity index (χ0n) is 22.0. The summed E-state index contributed by atoms with van der Waals surface area (Å²) in [6, 6.07) is 0. The quantitative estimate of drug-likeness (QED) is 0.0505. The summed E-state index contributed by atoms with van der Waals surface area (Å²) in [5.74, 6) is 0. The van der Waals surface area contributed by atoms with Gasteiger partial charge >= 0.3 is 0 Å². The largest absolute Gasteiger partial charge is 0.297 e. The van der Waals surface area contributed by atoms with Gasteiger partial charge in [-0.15, -0.1) is 0 Å². The van der Waals surface area contributed by atoms with Crippen molar-refractivity contribution in [2.75, 3.05) is 53.4 Å². The van der Waals surface area contributed by atoms with Crippen molar-refractivity contribution >= 4 is 10.1 Å². The second-order valence-corrected chi connectivity index (χ2v) is 10.3. The third-order valence-electron chi connectivity index (χ3n) is 6.67. The summed E-state index contributed by atoms with van der Waals surface area (Å²) in [6.45, 7) is -2.23. The van der Waals surface area contributed by atoms with Crippen molar-refractivity contribution in [3.63, 3.8) is 0 Å². The van der Waals surface area contributed by atoms with E-state index >= 15 is 0 Å². The first-order valence-electron chi connectivity index (χ1n) is 12.1. The highest BCUT2D eigenvalue weighted by atomic mass is 32.2. The summed E-state index contributed by atoms with van der Waals surface area (Å²) in [5.41, 5.74) is -0.0941. The lowest BCUT2D eigenvalue weighted by Gasteiger charge is -2.40. The molecule has 0 unspecified atom stereocenters. The van der Waals surface area contributed by atoms with E-state index in [4.69, 9.17) is 14.7 Å². The minimum absolute atomic E-state index is 0.00155. The van der Waals surface area contributed by atoms with Gasteiger partial charge in [-0.05, 0) is 59.9 Å². The Morgan fingerprint density at radius 2 is 0.825 bits per heavy atom. The van der Waals surface area contributed by atoms with Crippen LogP contribution >= 0.6 is 0 Å². The molecule has 0 aliphatic rings. The van der Waals surface area contributed by atoms with Crippen LogP contribution in [0.5, 0.6) is 0 Å². The Hall–Kier alpha value is -1.43. The Balaban J connectivity index is 4.51. The predicted molar refractivity (Wildman–Crippen MR) is 131 cm³/mol. The molecule has 0 heterocycles. The van der Waals surface area contributed by atoms with Gasteiger partial charge in [-0.1, -0.05) is 0 Å². The smallest absolute Gasteiger partial charge is 0.270 e. The Morgan fingerprint density at radius 1 is 0.525 bits per heavy atom. The molecule has 0 spiro atoms. The fourth-order valence-electron chi connectivity index (χ4n) is 5.11. The van der Waals surface area contributed by atoms with E-state index in [0.29, 0.717) is 5.56 Å². The third-order valence-corrected chi connectivity index (χ3v) is 8.10. The third kappa shape index (κ3) is 9.84. The maximum absolute atomic E-state index is 13.3. The lowest BCUT2D eigenvalue weighted by atomic mass is 9.66. The number of rotatable bonds is 24. The van der Waals surface area contributed by atoms with Gasteiger partial charge in [0, 0.05) is 18.3 Å². The van der Waals surface area contributed by atoms with Gasteiger partial charge in [-0.25, -0.2) is 34.2 Å². The van der Waals surface area contributed by atoms with Crippen molar-refractivity contribution in [3.8, 4) is 0 Å². The first-order chi connectivity index (χ1) is 19.3. The highest BCUT2D eigenvalue weighted by Gasteiger charge is 2.40. The van der Waals surface area contributed by atoms with E-state index in [1.807, 2.05) is 0 Å². The van der Waals surface area contributed by atoms with Crippen molar-refractivity contribution in [1.82, 2.24) is 0 Å². The molecule has 0 atom stereocenters. The summed E-state index contributed by atoms with van der Waals surface area (Å²) in [7, 11) is -3.56. The molecule has 40 heavy (non-hydrogen) atoms.